The van der Waals surface area contributed by atoms with E-state index in [1.165, 1.54) is 36.4 Å². The Hall–Kier alpha value is -1.55. The lowest BCUT2D eigenvalue weighted by molar-refractivity contribution is -0.137. The number of rotatable bonds is 1. The van der Waals surface area contributed by atoms with E-state index in [4.69, 9.17) is 11.6 Å². The third-order valence-corrected chi connectivity index (χ3v) is 2.88. The van der Waals surface area contributed by atoms with Gasteiger partial charge in [-0.2, -0.15) is 13.2 Å². The number of halogens is 5. The predicted octanol–water partition coefficient (Wildman–Crippen LogP) is 5.16. The van der Waals surface area contributed by atoms with Crippen LogP contribution in [-0.4, -0.2) is 0 Å². The highest BCUT2D eigenvalue weighted by molar-refractivity contribution is 6.34. The minimum absolute atomic E-state index is 0.0320. The van der Waals surface area contributed by atoms with Crippen molar-refractivity contribution in [2.75, 3.05) is 0 Å². The smallest absolute Gasteiger partial charge is 0.206 e. The van der Waals surface area contributed by atoms with Crippen LogP contribution >= 0.6 is 11.6 Å². The highest BCUT2D eigenvalue weighted by Crippen LogP contribution is 2.40. The molecular formula is C13H7ClF4. The van der Waals surface area contributed by atoms with Gasteiger partial charge in [0.05, 0.1) is 10.6 Å². The summed E-state index contributed by atoms with van der Waals surface area (Å²) < 4.78 is 51.5. The summed E-state index contributed by atoms with van der Waals surface area (Å²) in [5, 5.41) is -0.491. The molecule has 0 nitrogen and oxygen atoms in total. The van der Waals surface area contributed by atoms with Crippen molar-refractivity contribution in [3.05, 3.63) is 58.9 Å². The summed E-state index contributed by atoms with van der Waals surface area (Å²) in [6, 6.07) is 8.98. The molecule has 18 heavy (non-hydrogen) atoms. The summed E-state index contributed by atoms with van der Waals surface area (Å²) in [5.41, 5.74) is -0.886. The fourth-order valence-electron chi connectivity index (χ4n) is 1.64. The molecule has 0 amide bonds. The quantitative estimate of drug-likeness (QED) is 0.630. The van der Waals surface area contributed by atoms with Crippen LogP contribution in [0.2, 0.25) is 5.02 Å². The van der Waals surface area contributed by atoms with Crippen LogP contribution in [-0.2, 0) is 6.18 Å². The maximum Gasteiger partial charge on any atom is 0.417 e. The molecule has 0 radical (unpaired) electrons. The van der Waals surface area contributed by atoms with Crippen molar-refractivity contribution >= 4 is 11.6 Å². The molecule has 0 aromatic heterocycles. The van der Waals surface area contributed by atoms with Gasteiger partial charge in [-0.1, -0.05) is 41.9 Å². The van der Waals surface area contributed by atoms with Gasteiger partial charge >= 0.3 is 6.18 Å². The number of hydrogen-bond donors (Lipinski definition) is 0. The minimum Gasteiger partial charge on any atom is -0.206 e. The van der Waals surface area contributed by atoms with E-state index in [9.17, 15) is 17.6 Å². The molecule has 2 aromatic rings. The van der Waals surface area contributed by atoms with Crippen molar-refractivity contribution < 1.29 is 17.6 Å². The molecule has 5 heteroatoms. The van der Waals surface area contributed by atoms with E-state index < -0.39 is 22.6 Å². The van der Waals surface area contributed by atoms with Crippen LogP contribution in [0.1, 0.15) is 5.56 Å². The van der Waals surface area contributed by atoms with Gasteiger partial charge in [-0.25, -0.2) is 4.39 Å². The van der Waals surface area contributed by atoms with Gasteiger partial charge in [-0.3, -0.25) is 0 Å². The molecule has 0 atom stereocenters. The van der Waals surface area contributed by atoms with Crippen molar-refractivity contribution in [1.82, 2.24) is 0 Å². The summed E-state index contributed by atoms with van der Waals surface area (Å²) in [5.74, 6) is -0.612. The molecule has 0 saturated carbocycles. The zero-order valence-corrected chi connectivity index (χ0v) is 9.69. The maximum atomic E-state index is 13.5. The highest BCUT2D eigenvalue weighted by atomic mass is 35.5. The summed E-state index contributed by atoms with van der Waals surface area (Å²) in [6.07, 6.45) is -4.56. The first-order chi connectivity index (χ1) is 8.41. The van der Waals surface area contributed by atoms with Crippen molar-refractivity contribution in [3.8, 4) is 11.1 Å². The Morgan fingerprint density at radius 3 is 2.06 bits per heavy atom. The average molecular weight is 275 g/mol. The van der Waals surface area contributed by atoms with Gasteiger partial charge in [0.15, 0.2) is 0 Å². The number of hydrogen-bond acceptors (Lipinski definition) is 0. The molecule has 0 aliphatic heterocycles. The van der Waals surface area contributed by atoms with Crippen LogP contribution in [0.5, 0.6) is 0 Å². The third-order valence-electron chi connectivity index (χ3n) is 2.47. The Morgan fingerprint density at radius 2 is 1.44 bits per heavy atom. The third kappa shape index (κ3) is 2.34. The molecule has 0 saturated heterocycles. The van der Waals surface area contributed by atoms with Crippen LogP contribution in [0.25, 0.3) is 11.1 Å². The first-order valence-electron chi connectivity index (χ1n) is 5.02. The van der Waals surface area contributed by atoms with Gasteiger partial charge < -0.3 is 0 Å². The fraction of sp³-hybridized carbons (Fsp3) is 0.0769. The van der Waals surface area contributed by atoms with E-state index in [1.807, 2.05) is 0 Å². The van der Waals surface area contributed by atoms with E-state index in [2.05, 4.69) is 0 Å². The minimum atomic E-state index is -4.56. The Kier molecular flexibility index (Phi) is 3.30. The van der Waals surface area contributed by atoms with Gasteiger partial charge in [0.2, 0.25) is 0 Å². The van der Waals surface area contributed by atoms with Gasteiger partial charge in [-0.15, -0.1) is 0 Å². The van der Waals surface area contributed by atoms with E-state index in [-0.39, 0.29) is 11.1 Å². The average Bonchev–Trinajstić information content (AvgIpc) is 2.29. The Morgan fingerprint density at radius 1 is 0.833 bits per heavy atom. The second-order valence-corrected chi connectivity index (χ2v) is 4.02. The summed E-state index contributed by atoms with van der Waals surface area (Å²) in [4.78, 5) is 0. The number of benzene rings is 2. The number of alkyl halides is 3. The molecule has 2 aromatic carbocycles. The van der Waals surface area contributed by atoms with Gasteiger partial charge in [0.25, 0.3) is 0 Å². The first-order valence-corrected chi connectivity index (χ1v) is 5.39. The molecule has 94 valence electrons. The first kappa shape index (κ1) is 12.9. The zero-order chi connectivity index (χ0) is 13.3. The van der Waals surface area contributed by atoms with Crippen molar-refractivity contribution in [3.63, 3.8) is 0 Å². The fourth-order valence-corrected chi connectivity index (χ4v) is 1.97. The normalized spacial score (nSPS) is 11.6. The molecule has 0 unspecified atom stereocenters. The molecule has 0 bridgehead atoms. The Labute approximate surface area is 106 Å². The highest BCUT2D eigenvalue weighted by Gasteiger charge is 2.34. The van der Waals surface area contributed by atoms with E-state index in [0.29, 0.717) is 0 Å². The van der Waals surface area contributed by atoms with Crippen LogP contribution in [0.3, 0.4) is 0 Å². The molecule has 0 spiro atoms. The van der Waals surface area contributed by atoms with Crippen molar-refractivity contribution in [1.29, 1.82) is 0 Å². The van der Waals surface area contributed by atoms with Crippen molar-refractivity contribution in [2.24, 2.45) is 0 Å². The second-order valence-electron chi connectivity index (χ2n) is 3.64. The predicted molar refractivity (Wildman–Crippen MR) is 61.8 cm³/mol. The molecule has 2 rings (SSSR count). The van der Waals surface area contributed by atoms with Crippen LogP contribution < -0.4 is 0 Å². The lowest BCUT2D eigenvalue weighted by Gasteiger charge is -2.12. The van der Waals surface area contributed by atoms with Gasteiger partial charge in [0, 0.05) is 11.1 Å². The molecule has 0 aliphatic carbocycles. The van der Waals surface area contributed by atoms with Crippen molar-refractivity contribution in [2.45, 2.75) is 6.18 Å². The summed E-state index contributed by atoms with van der Waals surface area (Å²) >= 11 is 5.71. The molecular weight excluding hydrogens is 268 g/mol. The largest absolute Gasteiger partial charge is 0.417 e. The lowest BCUT2D eigenvalue weighted by atomic mass is 10.0. The Bertz CT molecular complexity index is 575. The van der Waals surface area contributed by atoms with Gasteiger partial charge in [-0.05, 0) is 12.1 Å². The van der Waals surface area contributed by atoms with E-state index in [0.717, 1.165) is 6.07 Å². The standard InChI is InChI=1S/C13H7ClF4/c14-12-9(8-4-1-2-7-11(8)15)5-3-6-10(12)13(16,17)18/h1-7H. The summed E-state index contributed by atoms with van der Waals surface area (Å²) in [7, 11) is 0. The summed E-state index contributed by atoms with van der Waals surface area (Å²) in [6.45, 7) is 0. The van der Waals surface area contributed by atoms with Crippen LogP contribution in [0, 0.1) is 5.82 Å². The van der Waals surface area contributed by atoms with Crippen LogP contribution in [0.15, 0.2) is 42.5 Å². The monoisotopic (exact) mass is 274 g/mol. The van der Waals surface area contributed by atoms with E-state index in [1.54, 1.807) is 0 Å². The lowest BCUT2D eigenvalue weighted by Crippen LogP contribution is -2.06. The van der Waals surface area contributed by atoms with Gasteiger partial charge in [0.1, 0.15) is 5.82 Å². The molecule has 0 heterocycles. The van der Waals surface area contributed by atoms with Crippen LogP contribution in [0.4, 0.5) is 17.6 Å². The Balaban J connectivity index is 2.64. The molecule has 0 aliphatic rings. The molecule has 0 N–H and O–H groups in total. The molecule has 0 fully saturated rings. The topological polar surface area (TPSA) is 0 Å². The zero-order valence-electron chi connectivity index (χ0n) is 8.93. The maximum absolute atomic E-state index is 13.5. The van der Waals surface area contributed by atoms with E-state index >= 15 is 0 Å². The second kappa shape index (κ2) is 4.61. The SMILES string of the molecule is Fc1ccccc1-c1cccc(C(F)(F)F)c1Cl.